The van der Waals surface area contributed by atoms with E-state index in [2.05, 4.69) is 11.4 Å². The van der Waals surface area contributed by atoms with Crippen molar-refractivity contribution in [3.63, 3.8) is 0 Å². The van der Waals surface area contributed by atoms with Crippen LogP contribution in [-0.2, 0) is 9.53 Å². The molecule has 0 aromatic heterocycles. The number of piperidine rings is 1. The van der Waals surface area contributed by atoms with Gasteiger partial charge in [0.2, 0.25) is 0 Å². The summed E-state index contributed by atoms with van der Waals surface area (Å²) in [6.45, 7) is 1.03. The van der Waals surface area contributed by atoms with Crippen LogP contribution in [0.2, 0.25) is 0 Å². The predicted molar refractivity (Wildman–Crippen MR) is 48.4 cm³/mol. The molecule has 0 amide bonds. The van der Waals surface area contributed by atoms with E-state index in [1.165, 1.54) is 7.11 Å². The van der Waals surface area contributed by atoms with Crippen LogP contribution in [0.1, 0.15) is 6.42 Å². The summed E-state index contributed by atoms with van der Waals surface area (Å²) < 4.78 is 4.72. The van der Waals surface area contributed by atoms with Gasteiger partial charge in [0, 0.05) is 5.92 Å². The third kappa shape index (κ3) is 1.27. The third-order valence-corrected chi connectivity index (χ3v) is 3.46. The van der Waals surface area contributed by atoms with Crippen molar-refractivity contribution >= 4 is 17.6 Å². The Labute approximate surface area is 82.1 Å². The molecule has 13 heavy (non-hydrogen) atoms. The summed E-state index contributed by atoms with van der Waals surface area (Å²) >= 11 is 6.27. The topological polar surface area (TPSA) is 42.9 Å². The number of rotatable bonds is 1. The van der Waals surface area contributed by atoms with E-state index in [0.717, 1.165) is 6.54 Å². The maximum Gasteiger partial charge on any atom is 0.333 e. The van der Waals surface area contributed by atoms with E-state index < -0.39 is 4.87 Å². The van der Waals surface area contributed by atoms with Gasteiger partial charge in [-0.15, -0.1) is 0 Å². The third-order valence-electron chi connectivity index (χ3n) is 2.90. The predicted octanol–water partition coefficient (Wildman–Crippen LogP) is -0.341. The molecule has 3 nitrogen and oxygen atoms in total. The number of esters is 1. The lowest BCUT2D eigenvalue weighted by Gasteiger charge is -2.39. The zero-order valence-electron chi connectivity index (χ0n) is 7.50. The molecule has 0 unspecified atom stereocenters. The van der Waals surface area contributed by atoms with Crippen molar-refractivity contribution in [1.29, 1.82) is 0 Å². The second-order valence-corrected chi connectivity index (χ2v) is 4.37. The van der Waals surface area contributed by atoms with Gasteiger partial charge < -0.3 is 10.1 Å². The monoisotopic (exact) mass is 202 g/mol. The van der Waals surface area contributed by atoms with Gasteiger partial charge in [0.05, 0.1) is 13.7 Å². The summed E-state index contributed by atoms with van der Waals surface area (Å²) in [5.41, 5.74) is 0. The first-order chi connectivity index (χ1) is 6.16. The highest BCUT2D eigenvalue weighted by Gasteiger charge is 2.53. The van der Waals surface area contributed by atoms with Crippen molar-refractivity contribution < 1.29 is 14.8 Å². The largest absolute Gasteiger partial charge is 0.468 e. The first-order valence-electron chi connectivity index (χ1n) is 4.46. The van der Waals surface area contributed by atoms with Crippen LogP contribution in [0.3, 0.4) is 0 Å². The van der Waals surface area contributed by atoms with E-state index in [4.69, 9.17) is 16.3 Å². The molecular weight excluding hydrogens is 190 g/mol. The lowest BCUT2D eigenvalue weighted by molar-refractivity contribution is -0.697. The maximum atomic E-state index is 11.5. The molecule has 4 heteroatoms. The number of hydrogen-bond donors (Lipinski definition) is 1. The molecule has 0 saturated carbocycles. The maximum absolute atomic E-state index is 11.5. The van der Waals surface area contributed by atoms with E-state index in [9.17, 15) is 4.79 Å². The first-order valence-corrected chi connectivity index (χ1v) is 4.83. The lowest BCUT2D eigenvalue weighted by Crippen LogP contribution is -2.98. The van der Waals surface area contributed by atoms with E-state index in [1.54, 1.807) is 0 Å². The Kier molecular flexibility index (Phi) is 2.08. The molecule has 2 heterocycles. The lowest BCUT2D eigenvalue weighted by atomic mass is 9.78. The van der Waals surface area contributed by atoms with Gasteiger partial charge in [-0.05, 0) is 12.5 Å². The Morgan fingerprint density at radius 3 is 2.85 bits per heavy atom. The second-order valence-electron chi connectivity index (χ2n) is 3.70. The summed E-state index contributed by atoms with van der Waals surface area (Å²) in [4.78, 5) is 10.6. The quantitative estimate of drug-likeness (QED) is 0.359. The number of halogens is 1. The van der Waals surface area contributed by atoms with Gasteiger partial charge in [-0.2, -0.15) is 0 Å². The van der Waals surface area contributed by atoms with E-state index in [0.29, 0.717) is 12.3 Å². The minimum Gasteiger partial charge on any atom is -0.468 e. The van der Waals surface area contributed by atoms with Gasteiger partial charge >= 0.3 is 5.97 Å². The molecule has 0 spiro atoms. The zero-order valence-corrected chi connectivity index (χ0v) is 8.25. The van der Waals surface area contributed by atoms with Gasteiger partial charge in [-0.1, -0.05) is 17.7 Å². The molecule has 3 atom stereocenters. The van der Waals surface area contributed by atoms with Crippen LogP contribution < -0.4 is 5.32 Å². The molecule has 3 aliphatic rings. The number of alkyl halides is 1. The number of methoxy groups -OCH3 is 1. The van der Waals surface area contributed by atoms with Crippen LogP contribution >= 0.6 is 11.6 Å². The highest BCUT2D eigenvalue weighted by atomic mass is 35.5. The Balaban J connectivity index is 2.25. The van der Waals surface area contributed by atoms with Crippen LogP contribution in [0.15, 0.2) is 12.2 Å². The fourth-order valence-corrected chi connectivity index (χ4v) is 2.59. The Bertz CT molecular complexity index is 266. The summed E-state index contributed by atoms with van der Waals surface area (Å²) in [6, 6.07) is 0.0478. The van der Waals surface area contributed by atoms with Crippen molar-refractivity contribution in [1.82, 2.24) is 0 Å². The molecule has 2 N–H and O–H groups in total. The smallest absolute Gasteiger partial charge is 0.333 e. The normalized spacial score (nSPS) is 42.0. The number of nitrogens with two attached hydrogens (primary N) is 1. The van der Waals surface area contributed by atoms with Gasteiger partial charge in [-0.3, -0.25) is 0 Å². The zero-order chi connectivity index (χ0) is 9.47. The summed E-state index contributed by atoms with van der Waals surface area (Å²) in [6.07, 6.45) is 4.87. The minimum atomic E-state index is -0.827. The Hall–Kier alpha value is -0.540. The molecule has 2 bridgehead atoms. The number of fused-ring (bicyclic) bond motifs is 2. The number of quaternary nitrogens is 1. The fraction of sp³-hybridized carbons (Fsp3) is 0.667. The Morgan fingerprint density at radius 2 is 2.46 bits per heavy atom. The van der Waals surface area contributed by atoms with Crippen LogP contribution in [0.4, 0.5) is 0 Å². The standard InChI is InChI=1S/C9H12ClNO2/c1-13-8(12)9(10)4-6-2-3-7(9)11-5-6/h2-3,6-7,11H,4-5H2,1H3/p+1/t6-,7+,9-/m0/s1. The fourth-order valence-electron chi connectivity index (χ4n) is 2.15. The molecule has 0 aromatic rings. The van der Waals surface area contributed by atoms with Crippen molar-refractivity contribution in [2.75, 3.05) is 13.7 Å². The van der Waals surface area contributed by atoms with Crippen molar-refractivity contribution in [3.8, 4) is 0 Å². The van der Waals surface area contributed by atoms with Crippen molar-refractivity contribution in [2.45, 2.75) is 17.3 Å². The first kappa shape index (κ1) is 9.03. The highest BCUT2D eigenvalue weighted by Crippen LogP contribution is 2.35. The van der Waals surface area contributed by atoms with E-state index in [-0.39, 0.29) is 12.0 Å². The summed E-state index contributed by atoms with van der Waals surface area (Å²) in [5, 5.41) is 2.11. The van der Waals surface area contributed by atoms with Gasteiger partial charge in [0.1, 0.15) is 6.04 Å². The van der Waals surface area contributed by atoms with Gasteiger partial charge in [0.15, 0.2) is 4.87 Å². The highest BCUT2D eigenvalue weighted by molar-refractivity contribution is 6.34. The van der Waals surface area contributed by atoms with Crippen LogP contribution in [0, 0.1) is 5.92 Å². The van der Waals surface area contributed by atoms with E-state index in [1.807, 2.05) is 6.08 Å². The molecule has 2 aliphatic heterocycles. The molecule has 1 aliphatic carbocycles. The molecule has 3 rings (SSSR count). The number of ether oxygens (including phenoxy) is 1. The molecule has 1 saturated heterocycles. The average Bonchev–Trinajstić information content (AvgIpc) is 2.18. The van der Waals surface area contributed by atoms with Crippen LogP contribution in [-0.4, -0.2) is 30.5 Å². The molecule has 0 aromatic carbocycles. The molecule has 1 fully saturated rings. The van der Waals surface area contributed by atoms with E-state index >= 15 is 0 Å². The van der Waals surface area contributed by atoms with Crippen LogP contribution in [0.5, 0.6) is 0 Å². The molecule has 72 valence electrons. The SMILES string of the molecule is COC(=O)[C@]1(Cl)C[C@@H]2C=C[C@H]1[NH2+]C2. The Morgan fingerprint density at radius 1 is 1.69 bits per heavy atom. The number of hydrogen-bond acceptors (Lipinski definition) is 2. The molecular formula is C9H13ClNO2+. The summed E-state index contributed by atoms with van der Waals surface area (Å²) in [7, 11) is 1.39. The summed E-state index contributed by atoms with van der Waals surface area (Å²) in [5.74, 6) is 0.117. The van der Waals surface area contributed by atoms with Crippen molar-refractivity contribution in [3.05, 3.63) is 12.2 Å². The molecule has 0 radical (unpaired) electrons. The van der Waals surface area contributed by atoms with Gasteiger partial charge in [-0.25, -0.2) is 4.79 Å². The average molecular weight is 203 g/mol. The van der Waals surface area contributed by atoms with Crippen molar-refractivity contribution in [2.24, 2.45) is 5.92 Å². The number of carbonyl (C=O) groups excluding carboxylic acids is 1. The number of carbonyl (C=O) groups is 1. The second kappa shape index (κ2) is 3.00. The van der Waals surface area contributed by atoms with Gasteiger partial charge in [0.25, 0.3) is 0 Å². The minimum absolute atomic E-state index is 0.0478. The van der Waals surface area contributed by atoms with Crippen LogP contribution in [0.25, 0.3) is 0 Å².